The first kappa shape index (κ1) is 22.2. The van der Waals surface area contributed by atoms with Crippen LogP contribution in [0, 0.1) is 0 Å². The number of benzene rings is 2. The lowest BCUT2D eigenvalue weighted by atomic mass is 9.87. The van der Waals surface area contributed by atoms with Crippen molar-refractivity contribution in [1.82, 2.24) is 5.32 Å². The number of hydrogen-bond acceptors (Lipinski definition) is 5. The van der Waals surface area contributed by atoms with E-state index in [4.69, 9.17) is 4.74 Å². The zero-order chi connectivity index (χ0) is 22.6. The number of carbonyl (C=O) groups excluding carboxylic acids is 4. The Kier molecular flexibility index (Phi) is 6.53. The topological polar surface area (TPSA) is 92.8 Å². The first-order chi connectivity index (χ1) is 14.6. The lowest BCUT2D eigenvalue weighted by molar-refractivity contribution is -0.123. The van der Waals surface area contributed by atoms with E-state index in [0.29, 0.717) is 24.2 Å². The Bertz CT molecular complexity index is 1010. The van der Waals surface area contributed by atoms with Crippen molar-refractivity contribution in [2.45, 2.75) is 39.0 Å². The van der Waals surface area contributed by atoms with Gasteiger partial charge in [0.15, 0.2) is 6.61 Å². The van der Waals surface area contributed by atoms with Crippen LogP contribution in [0.1, 0.15) is 59.9 Å². The molecule has 0 unspecified atom stereocenters. The third-order valence-corrected chi connectivity index (χ3v) is 5.07. The molecule has 0 atom stereocenters. The standard InChI is InChI=1S/C24H26N2O5/c1-24(2,3)18-11-9-16(10-12-18)22(29)25-20(27)15-31-23(30)17-6-4-7-19(14-17)26-13-5-8-21(26)28/h4,6-7,9-12,14H,5,8,13,15H2,1-3H3,(H,25,27,29). The Morgan fingerprint density at radius 3 is 2.35 bits per heavy atom. The summed E-state index contributed by atoms with van der Waals surface area (Å²) in [7, 11) is 0. The number of ether oxygens (including phenoxy) is 1. The fraction of sp³-hybridized carbons (Fsp3) is 0.333. The SMILES string of the molecule is CC(C)(C)c1ccc(C(=O)NC(=O)COC(=O)c2cccc(N3CCCC3=O)c2)cc1. The van der Waals surface area contributed by atoms with Crippen LogP contribution in [0.4, 0.5) is 5.69 Å². The van der Waals surface area contributed by atoms with Crippen molar-refractivity contribution >= 4 is 29.4 Å². The quantitative estimate of drug-likeness (QED) is 0.747. The average Bonchev–Trinajstić information content (AvgIpc) is 3.17. The summed E-state index contributed by atoms with van der Waals surface area (Å²) in [5.74, 6) is -1.97. The van der Waals surface area contributed by atoms with Crippen molar-refractivity contribution in [3.05, 3.63) is 65.2 Å². The molecule has 162 valence electrons. The highest BCUT2D eigenvalue weighted by atomic mass is 16.5. The smallest absolute Gasteiger partial charge is 0.338 e. The van der Waals surface area contributed by atoms with Gasteiger partial charge in [-0.15, -0.1) is 0 Å². The summed E-state index contributed by atoms with van der Waals surface area (Å²) in [6.45, 7) is 6.23. The first-order valence-electron chi connectivity index (χ1n) is 10.2. The molecule has 0 radical (unpaired) electrons. The number of imide groups is 1. The molecule has 1 fully saturated rings. The molecule has 2 aromatic carbocycles. The lowest BCUT2D eigenvalue weighted by Crippen LogP contribution is -2.34. The molecule has 0 aliphatic carbocycles. The van der Waals surface area contributed by atoms with Crippen molar-refractivity contribution in [3.63, 3.8) is 0 Å². The highest BCUT2D eigenvalue weighted by Gasteiger charge is 2.23. The molecule has 2 aromatic rings. The van der Waals surface area contributed by atoms with E-state index in [9.17, 15) is 19.2 Å². The van der Waals surface area contributed by atoms with Gasteiger partial charge in [-0.25, -0.2) is 4.79 Å². The van der Waals surface area contributed by atoms with Gasteiger partial charge >= 0.3 is 5.97 Å². The van der Waals surface area contributed by atoms with E-state index in [1.54, 1.807) is 41.3 Å². The number of carbonyl (C=O) groups is 4. The second-order valence-corrected chi connectivity index (χ2v) is 8.48. The van der Waals surface area contributed by atoms with Gasteiger partial charge in [-0.3, -0.25) is 19.7 Å². The van der Waals surface area contributed by atoms with E-state index < -0.39 is 24.4 Å². The van der Waals surface area contributed by atoms with Gasteiger partial charge in [0, 0.05) is 24.2 Å². The Labute approximate surface area is 181 Å². The molecule has 1 saturated heterocycles. The van der Waals surface area contributed by atoms with Gasteiger partial charge in [-0.05, 0) is 47.7 Å². The Hall–Kier alpha value is -3.48. The number of amides is 3. The summed E-state index contributed by atoms with van der Waals surface area (Å²) in [6, 6.07) is 13.5. The minimum absolute atomic E-state index is 0.0129. The van der Waals surface area contributed by atoms with Crippen LogP contribution >= 0.6 is 0 Å². The molecule has 0 spiro atoms. The minimum Gasteiger partial charge on any atom is -0.452 e. The van der Waals surface area contributed by atoms with E-state index in [-0.39, 0.29) is 16.9 Å². The van der Waals surface area contributed by atoms with Gasteiger partial charge in [-0.2, -0.15) is 0 Å². The number of esters is 1. The Balaban J connectivity index is 1.54. The first-order valence-corrected chi connectivity index (χ1v) is 10.2. The third-order valence-electron chi connectivity index (χ3n) is 5.07. The summed E-state index contributed by atoms with van der Waals surface area (Å²) in [6.07, 6.45) is 1.27. The van der Waals surface area contributed by atoms with Crippen molar-refractivity contribution in [2.75, 3.05) is 18.1 Å². The lowest BCUT2D eigenvalue weighted by Gasteiger charge is -2.19. The minimum atomic E-state index is -0.718. The van der Waals surface area contributed by atoms with Crippen LogP contribution in [-0.2, 0) is 19.7 Å². The number of anilines is 1. The maximum Gasteiger partial charge on any atom is 0.338 e. The van der Waals surface area contributed by atoms with E-state index >= 15 is 0 Å². The van der Waals surface area contributed by atoms with Crippen LogP contribution in [0.5, 0.6) is 0 Å². The monoisotopic (exact) mass is 422 g/mol. The molecule has 0 saturated carbocycles. The van der Waals surface area contributed by atoms with E-state index in [1.807, 2.05) is 12.1 Å². The largest absolute Gasteiger partial charge is 0.452 e. The van der Waals surface area contributed by atoms with Crippen molar-refractivity contribution in [1.29, 1.82) is 0 Å². The Morgan fingerprint density at radius 2 is 1.74 bits per heavy atom. The summed E-state index contributed by atoms with van der Waals surface area (Å²) in [5, 5.41) is 2.22. The van der Waals surface area contributed by atoms with Gasteiger partial charge < -0.3 is 9.64 Å². The molecular weight excluding hydrogens is 396 g/mol. The molecule has 7 heteroatoms. The van der Waals surface area contributed by atoms with Crippen molar-refractivity contribution in [3.8, 4) is 0 Å². The highest BCUT2D eigenvalue weighted by Crippen LogP contribution is 2.23. The van der Waals surface area contributed by atoms with Crippen LogP contribution in [0.25, 0.3) is 0 Å². The summed E-state index contributed by atoms with van der Waals surface area (Å²) >= 11 is 0. The maximum atomic E-state index is 12.3. The molecule has 0 aromatic heterocycles. The van der Waals surface area contributed by atoms with E-state index in [1.165, 1.54) is 0 Å². The fourth-order valence-electron chi connectivity index (χ4n) is 3.29. The Morgan fingerprint density at radius 1 is 1.03 bits per heavy atom. The molecular formula is C24H26N2O5. The van der Waals surface area contributed by atoms with Crippen LogP contribution in [0.3, 0.4) is 0 Å². The van der Waals surface area contributed by atoms with Crippen molar-refractivity contribution in [2.24, 2.45) is 0 Å². The molecule has 31 heavy (non-hydrogen) atoms. The second kappa shape index (κ2) is 9.12. The normalized spacial score (nSPS) is 13.8. The van der Waals surface area contributed by atoms with Crippen LogP contribution in [0.2, 0.25) is 0 Å². The molecule has 1 aliphatic heterocycles. The summed E-state index contributed by atoms with van der Waals surface area (Å²) in [5.41, 5.74) is 2.22. The van der Waals surface area contributed by atoms with Crippen LogP contribution in [0.15, 0.2) is 48.5 Å². The fourth-order valence-corrected chi connectivity index (χ4v) is 3.29. The third kappa shape index (κ3) is 5.57. The van der Waals surface area contributed by atoms with Crippen LogP contribution < -0.4 is 10.2 Å². The number of nitrogens with one attached hydrogen (secondary N) is 1. The number of hydrogen-bond donors (Lipinski definition) is 1. The van der Waals surface area contributed by atoms with Gasteiger partial charge in [0.25, 0.3) is 11.8 Å². The summed E-state index contributed by atoms with van der Waals surface area (Å²) < 4.78 is 5.03. The zero-order valence-corrected chi connectivity index (χ0v) is 17.9. The summed E-state index contributed by atoms with van der Waals surface area (Å²) in [4.78, 5) is 50.1. The molecule has 7 nitrogen and oxygen atoms in total. The van der Waals surface area contributed by atoms with Crippen molar-refractivity contribution < 1.29 is 23.9 Å². The molecule has 1 heterocycles. The predicted octanol–water partition coefficient (Wildman–Crippen LogP) is 3.22. The van der Waals surface area contributed by atoms with Gasteiger partial charge in [-0.1, -0.05) is 39.0 Å². The van der Waals surface area contributed by atoms with E-state index in [0.717, 1.165) is 12.0 Å². The highest BCUT2D eigenvalue weighted by molar-refractivity contribution is 6.05. The second-order valence-electron chi connectivity index (χ2n) is 8.48. The molecule has 3 amide bonds. The molecule has 1 N–H and O–H groups in total. The number of rotatable bonds is 5. The zero-order valence-electron chi connectivity index (χ0n) is 17.9. The molecule has 3 rings (SSSR count). The average molecular weight is 422 g/mol. The van der Waals surface area contributed by atoms with Gasteiger partial charge in [0.2, 0.25) is 5.91 Å². The predicted molar refractivity (Wildman–Crippen MR) is 116 cm³/mol. The van der Waals surface area contributed by atoms with E-state index in [2.05, 4.69) is 26.1 Å². The van der Waals surface area contributed by atoms with Crippen LogP contribution in [-0.4, -0.2) is 36.8 Å². The molecule has 0 bridgehead atoms. The number of nitrogens with zero attached hydrogens (tertiary/aromatic N) is 1. The van der Waals surface area contributed by atoms with Gasteiger partial charge in [0.1, 0.15) is 0 Å². The maximum absolute atomic E-state index is 12.3. The van der Waals surface area contributed by atoms with Gasteiger partial charge in [0.05, 0.1) is 5.56 Å². The molecule has 1 aliphatic rings.